The summed E-state index contributed by atoms with van der Waals surface area (Å²) in [4.78, 5) is 22.3. The molecule has 7 heteroatoms. The zero-order valence-corrected chi connectivity index (χ0v) is 10.7. The highest BCUT2D eigenvalue weighted by atomic mass is 16.5. The molecular formula is C11H20N2O5. The minimum Gasteiger partial charge on any atom is -0.480 e. The number of urea groups is 1. The Kier molecular flexibility index (Phi) is 5.36. The fraction of sp³-hybridized carbons (Fsp3) is 0.818. The lowest BCUT2D eigenvalue weighted by atomic mass is 10.0. The molecule has 0 bridgehead atoms. The number of amides is 2. The maximum absolute atomic E-state index is 11.5. The Morgan fingerprint density at radius 3 is 2.72 bits per heavy atom. The molecule has 1 aliphatic rings. The molecule has 0 aromatic heterocycles. The first-order valence-corrected chi connectivity index (χ1v) is 5.93. The fourth-order valence-corrected chi connectivity index (χ4v) is 1.75. The first-order valence-electron chi connectivity index (χ1n) is 5.93. The summed E-state index contributed by atoms with van der Waals surface area (Å²) in [5, 5.41) is 13.8. The summed E-state index contributed by atoms with van der Waals surface area (Å²) in [6, 6.07) is -1.38. The highest BCUT2D eigenvalue weighted by Crippen LogP contribution is 2.21. The van der Waals surface area contributed by atoms with Gasteiger partial charge in [0.25, 0.3) is 0 Å². The van der Waals surface area contributed by atoms with Gasteiger partial charge in [0.15, 0.2) is 0 Å². The Morgan fingerprint density at radius 1 is 1.56 bits per heavy atom. The molecule has 1 unspecified atom stereocenters. The van der Waals surface area contributed by atoms with Crippen molar-refractivity contribution in [1.82, 2.24) is 10.6 Å². The SMILES string of the molecule is CC[C@H](NC(=O)NCC1(OC)CCOC1)C(=O)O. The van der Waals surface area contributed by atoms with Crippen LogP contribution in [-0.2, 0) is 14.3 Å². The molecule has 2 atom stereocenters. The fourth-order valence-electron chi connectivity index (χ4n) is 1.75. The number of carbonyl (C=O) groups excluding carboxylic acids is 1. The van der Waals surface area contributed by atoms with Crippen molar-refractivity contribution in [3.63, 3.8) is 0 Å². The lowest BCUT2D eigenvalue weighted by Gasteiger charge is -2.26. The van der Waals surface area contributed by atoms with Crippen LogP contribution in [-0.4, -0.2) is 55.6 Å². The minimum atomic E-state index is -1.04. The van der Waals surface area contributed by atoms with Crippen LogP contribution in [0.1, 0.15) is 19.8 Å². The van der Waals surface area contributed by atoms with E-state index in [9.17, 15) is 9.59 Å². The number of rotatable bonds is 6. The molecule has 1 fully saturated rings. The summed E-state index contributed by atoms with van der Waals surface area (Å²) < 4.78 is 10.6. The molecular weight excluding hydrogens is 240 g/mol. The van der Waals surface area contributed by atoms with E-state index in [2.05, 4.69) is 10.6 Å². The first kappa shape index (κ1) is 14.7. The van der Waals surface area contributed by atoms with Gasteiger partial charge in [0.2, 0.25) is 0 Å². The molecule has 0 aliphatic carbocycles. The molecule has 1 heterocycles. The minimum absolute atomic E-state index is 0.297. The van der Waals surface area contributed by atoms with Gasteiger partial charge in [0.05, 0.1) is 13.2 Å². The van der Waals surface area contributed by atoms with Crippen molar-refractivity contribution in [3.05, 3.63) is 0 Å². The number of ether oxygens (including phenoxy) is 2. The second-order valence-electron chi connectivity index (χ2n) is 4.32. The van der Waals surface area contributed by atoms with Crippen LogP contribution in [0, 0.1) is 0 Å². The number of carbonyl (C=O) groups is 2. The zero-order chi connectivity index (χ0) is 13.6. The molecule has 7 nitrogen and oxygen atoms in total. The van der Waals surface area contributed by atoms with Gasteiger partial charge in [-0.1, -0.05) is 6.92 Å². The largest absolute Gasteiger partial charge is 0.480 e. The lowest BCUT2D eigenvalue weighted by Crippen LogP contribution is -2.51. The predicted octanol–water partition coefficient (Wildman–Crippen LogP) is -0.0457. The number of nitrogens with one attached hydrogen (secondary N) is 2. The molecule has 0 radical (unpaired) electrons. The van der Waals surface area contributed by atoms with Crippen LogP contribution in [0.4, 0.5) is 4.79 Å². The molecule has 104 valence electrons. The molecule has 3 N–H and O–H groups in total. The molecule has 1 aliphatic heterocycles. The van der Waals surface area contributed by atoms with Gasteiger partial charge in [-0.25, -0.2) is 9.59 Å². The summed E-state index contributed by atoms with van der Waals surface area (Å²) in [7, 11) is 1.57. The van der Waals surface area contributed by atoms with Crippen LogP contribution < -0.4 is 10.6 Å². The van der Waals surface area contributed by atoms with E-state index in [4.69, 9.17) is 14.6 Å². The summed E-state index contributed by atoms with van der Waals surface area (Å²) in [6.45, 7) is 3.02. The quantitative estimate of drug-likeness (QED) is 0.622. The standard InChI is InChI=1S/C11H20N2O5/c1-3-8(9(14)15)13-10(16)12-6-11(17-2)4-5-18-7-11/h8H,3-7H2,1-2H3,(H,14,15)(H2,12,13,16)/t8-,11?/m0/s1. The molecule has 0 aromatic carbocycles. The van der Waals surface area contributed by atoms with Crippen LogP contribution in [0.15, 0.2) is 0 Å². The van der Waals surface area contributed by atoms with Crippen LogP contribution in [0.25, 0.3) is 0 Å². The summed E-state index contributed by atoms with van der Waals surface area (Å²) in [6.07, 6.45) is 1.04. The average Bonchev–Trinajstić information content (AvgIpc) is 2.82. The summed E-state index contributed by atoms with van der Waals surface area (Å²) >= 11 is 0. The van der Waals surface area contributed by atoms with Gasteiger partial charge in [-0.3, -0.25) is 0 Å². The third-order valence-electron chi connectivity index (χ3n) is 3.08. The molecule has 2 amide bonds. The van der Waals surface area contributed by atoms with Crippen LogP contribution in [0.3, 0.4) is 0 Å². The van der Waals surface area contributed by atoms with E-state index in [1.807, 2.05) is 0 Å². The molecule has 1 saturated heterocycles. The van der Waals surface area contributed by atoms with Crippen molar-refractivity contribution in [2.45, 2.75) is 31.4 Å². The van der Waals surface area contributed by atoms with E-state index < -0.39 is 23.6 Å². The Hall–Kier alpha value is -1.34. The Morgan fingerprint density at radius 2 is 2.28 bits per heavy atom. The second kappa shape index (κ2) is 6.55. The smallest absolute Gasteiger partial charge is 0.326 e. The van der Waals surface area contributed by atoms with Gasteiger partial charge in [0.1, 0.15) is 11.6 Å². The highest BCUT2D eigenvalue weighted by Gasteiger charge is 2.35. The van der Waals surface area contributed by atoms with Gasteiger partial charge in [-0.05, 0) is 6.42 Å². The van der Waals surface area contributed by atoms with Crippen molar-refractivity contribution in [2.75, 3.05) is 26.9 Å². The van der Waals surface area contributed by atoms with Gasteiger partial charge in [0, 0.05) is 20.1 Å². The van der Waals surface area contributed by atoms with E-state index in [1.165, 1.54) is 0 Å². The van der Waals surface area contributed by atoms with Crippen LogP contribution in [0.2, 0.25) is 0 Å². The molecule has 0 saturated carbocycles. The van der Waals surface area contributed by atoms with Crippen molar-refractivity contribution in [1.29, 1.82) is 0 Å². The zero-order valence-electron chi connectivity index (χ0n) is 10.7. The summed E-state index contributed by atoms with van der Waals surface area (Å²) in [5.74, 6) is -1.04. The molecule has 18 heavy (non-hydrogen) atoms. The van der Waals surface area contributed by atoms with E-state index >= 15 is 0 Å². The maximum Gasteiger partial charge on any atom is 0.326 e. The average molecular weight is 260 g/mol. The third kappa shape index (κ3) is 3.85. The molecule has 0 aromatic rings. The van der Waals surface area contributed by atoms with E-state index in [0.717, 1.165) is 0 Å². The number of hydrogen-bond acceptors (Lipinski definition) is 4. The monoisotopic (exact) mass is 260 g/mol. The number of methoxy groups -OCH3 is 1. The Bertz CT molecular complexity index is 302. The maximum atomic E-state index is 11.5. The number of carboxylic acids is 1. The Balaban J connectivity index is 2.38. The van der Waals surface area contributed by atoms with Crippen molar-refractivity contribution < 1.29 is 24.2 Å². The molecule has 1 rings (SSSR count). The second-order valence-corrected chi connectivity index (χ2v) is 4.32. The normalized spacial score (nSPS) is 24.6. The highest BCUT2D eigenvalue weighted by molar-refractivity contribution is 5.82. The number of aliphatic carboxylic acids is 1. The summed E-state index contributed by atoms with van der Waals surface area (Å²) in [5.41, 5.74) is -0.498. The van der Waals surface area contributed by atoms with Crippen molar-refractivity contribution in [2.24, 2.45) is 0 Å². The van der Waals surface area contributed by atoms with E-state index in [0.29, 0.717) is 32.6 Å². The molecule has 0 spiro atoms. The van der Waals surface area contributed by atoms with Gasteiger partial charge >= 0.3 is 12.0 Å². The van der Waals surface area contributed by atoms with E-state index in [-0.39, 0.29) is 0 Å². The third-order valence-corrected chi connectivity index (χ3v) is 3.08. The number of carboxylic acid groups (broad SMARTS) is 1. The topological polar surface area (TPSA) is 96.9 Å². The van der Waals surface area contributed by atoms with E-state index in [1.54, 1.807) is 14.0 Å². The predicted molar refractivity (Wildman–Crippen MR) is 63.4 cm³/mol. The van der Waals surface area contributed by atoms with Gasteiger partial charge < -0.3 is 25.2 Å². The Labute approximate surface area is 106 Å². The lowest BCUT2D eigenvalue weighted by molar-refractivity contribution is -0.139. The van der Waals surface area contributed by atoms with Gasteiger partial charge in [-0.2, -0.15) is 0 Å². The van der Waals surface area contributed by atoms with Crippen molar-refractivity contribution in [3.8, 4) is 0 Å². The van der Waals surface area contributed by atoms with Gasteiger partial charge in [-0.15, -0.1) is 0 Å². The number of hydrogen-bond donors (Lipinski definition) is 3. The van der Waals surface area contributed by atoms with Crippen LogP contribution in [0.5, 0.6) is 0 Å². The van der Waals surface area contributed by atoms with Crippen molar-refractivity contribution >= 4 is 12.0 Å². The van der Waals surface area contributed by atoms with Crippen LogP contribution >= 0.6 is 0 Å². The first-order chi connectivity index (χ1) is 8.53.